The minimum absolute atomic E-state index is 0. The predicted molar refractivity (Wildman–Crippen MR) is 109 cm³/mol. The molecule has 0 atom stereocenters. The van der Waals surface area contributed by atoms with Gasteiger partial charge in [0.05, 0.1) is 13.7 Å². The monoisotopic (exact) mass is 458 g/mol. The van der Waals surface area contributed by atoms with E-state index in [1.807, 2.05) is 19.1 Å². The van der Waals surface area contributed by atoms with Gasteiger partial charge in [-0.1, -0.05) is 18.2 Å². The molecule has 0 aliphatic rings. The summed E-state index contributed by atoms with van der Waals surface area (Å²) in [5.41, 5.74) is 2.50. The van der Waals surface area contributed by atoms with Crippen molar-refractivity contribution in [3.8, 4) is 5.88 Å². The van der Waals surface area contributed by atoms with Crippen molar-refractivity contribution in [1.82, 2.24) is 15.6 Å². The third kappa shape index (κ3) is 6.85. The summed E-state index contributed by atoms with van der Waals surface area (Å²) in [4.78, 5) is 8.67. The van der Waals surface area contributed by atoms with E-state index in [1.54, 1.807) is 38.4 Å². The summed E-state index contributed by atoms with van der Waals surface area (Å²) in [6, 6.07) is 8.95. The largest absolute Gasteiger partial charge is 0.481 e. The SMILES string of the molecule is CCNC(=NCc1ccc(OC)nc1)NCc1ccc(C)c(F)c1.I. The van der Waals surface area contributed by atoms with Gasteiger partial charge in [-0.05, 0) is 36.6 Å². The lowest BCUT2D eigenvalue weighted by Crippen LogP contribution is -2.36. The van der Waals surface area contributed by atoms with Crippen LogP contribution in [-0.2, 0) is 13.1 Å². The van der Waals surface area contributed by atoms with E-state index in [0.29, 0.717) is 30.5 Å². The Morgan fingerprint density at radius 1 is 1.20 bits per heavy atom. The summed E-state index contributed by atoms with van der Waals surface area (Å²) in [6.45, 7) is 5.49. The van der Waals surface area contributed by atoms with Gasteiger partial charge in [0.15, 0.2) is 5.96 Å². The Bertz CT molecular complexity index is 692. The van der Waals surface area contributed by atoms with Gasteiger partial charge in [0.25, 0.3) is 0 Å². The highest BCUT2D eigenvalue weighted by Gasteiger charge is 2.02. The lowest BCUT2D eigenvalue weighted by Gasteiger charge is -2.12. The topological polar surface area (TPSA) is 58.5 Å². The molecule has 136 valence electrons. The van der Waals surface area contributed by atoms with E-state index in [1.165, 1.54) is 0 Å². The number of nitrogens with one attached hydrogen (secondary N) is 2. The van der Waals surface area contributed by atoms with Crippen LogP contribution in [0.5, 0.6) is 5.88 Å². The van der Waals surface area contributed by atoms with Crippen molar-refractivity contribution in [2.24, 2.45) is 4.99 Å². The lowest BCUT2D eigenvalue weighted by molar-refractivity contribution is 0.397. The average Bonchev–Trinajstić information content (AvgIpc) is 2.60. The molecule has 0 fully saturated rings. The lowest BCUT2D eigenvalue weighted by atomic mass is 10.1. The molecule has 0 saturated carbocycles. The molecule has 0 radical (unpaired) electrons. The summed E-state index contributed by atoms with van der Waals surface area (Å²) in [6.07, 6.45) is 1.74. The first-order valence-corrected chi connectivity index (χ1v) is 7.88. The fourth-order valence-corrected chi connectivity index (χ4v) is 2.07. The van der Waals surface area contributed by atoms with Gasteiger partial charge in [-0.2, -0.15) is 0 Å². The number of methoxy groups -OCH3 is 1. The number of pyridine rings is 1. The van der Waals surface area contributed by atoms with Crippen molar-refractivity contribution in [1.29, 1.82) is 0 Å². The van der Waals surface area contributed by atoms with Crippen molar-refractivity contribution in [3.05, 3.63) is 59.0 Å². The molecule has 2 N–H and O–H groups in total. The molecule has 1 aromatic heterocycles. The van der Waals surface area contributed by atoms with Crippen LogP contribution in [0.25, 0.3) is 0 Å². The van der Waals surface area contributed by atoms with Crippen LogP contribution in [0.2, 0.25) is 0 Å². The fourth-order valence-electron chi connectivity index (χ4n) is 2.07. The molecule has 0 aliphatic carbocycles. The van der Waals surface area contributed by atoms with Gasteiger partial charge in [-0.25, -0.2) is 14.4 Å². The Hall–Kier alpha value is -1.90. The summed E-state index contributed by atoms with van der Waals surface area (Å²) in [7, 11) is 1.58. The molecule has 7 heteroatoms. The van der Waals surface area contributed by atoms with Gasteiger partial charge in [0.1, 0.15) is 5.82 Å². The number of benzene rings is 1. The number of rotatable bonds is 6. The maximum Gasteiger partial charge on any atom is 0.212 e. The van der Waals surface area contributed by atoms with E-state index in [9.17, 15) is 4.39 Å². The van der Waals surface area contributed by atoms with E-state index < -0.39 is 0 Å². The molecule has 1 heterocycles. The number of ether oxygens (including phenoxy) is 1. The quantitative estimate of drug-likeness (QED) is 0.396. The summed E-state index contributed by atoms with van der Waals surface area (Å²) < 4.78 is 18.6. The smallest absolute Gasteiger partial charge is 0.212 e. The van der Waals surface area contributed by atoms with E-state index in [-0.39, 0.29) is 29.8 Å². The van der Waals surface area contributed by atoms with Gasteiger partial charge in [-0.3, -0.25) is 0 Å². The van der Waals surface area contributed by atoms with Crippen LogP contribution in [0.1, 0.15) is 23.6 Å². The van der Waals surface area contributed by atoms with Crippen LogP contribution in [0, 0.1) is 12.7 Å². The first-order chi connectivity index (χ1) is 11.6. The highest BCUT2D eigenvalue weighted by molar-refractivity contribution is 14.0. The Labute approximate surface area is 165 Å². The van der Waals surface area contributed by atoms with Crippen LogP contribution < -0.4 is 15.4 Å². The van der Waals surface area contributed by atoms with Gasteiger partial charge in [0.2, 0.25) is 5.88 Å². The van der Waals surface area contributed by atoms with Gasteiger partial charge < -0.3 is 15.4 Å². The van der Waals surface area contributed by atoms with Gasteiger partial charge >= 0.3 is 0 Å². The normalized spacial score (nSPS) is 10.8. The van der Waals surface area contributed by atoms with Gasteiger partial charge in [0, 0.05) is 25.4 Å². The molecular weight excluding hydrogens is 434 g/mol. The number of aromatic nitrogens is 1. The van der Waals surface area contributed by atoms with Crippen LogP contribution in [-0.4, -0.2) is 24.6 Å². The molecule has 5 nitrogen and oxygen atoms in total. The maximum atomic E-state index is 13.6. The molecule has 0 unspecified atom stereocenters. The van der Waals surface area contributed by atoms with E-state index in [4.69, 9.17) is 4.74 Å². The number of aliphatic imine (C=N–C) groups is 1. The number of hydrogen-bond acceptors (Lipinski definition) is 3. The van der Waals surface area contributed by atoms with Crippen LogP contribution in [0.4, 0.5) is 4.39 Å². The zero-order chi connectivity index (χ0) is 17.4. The fraction of sp³-hybridized carbons (Fsp3) is 0.333. The standard InChI is InChI=1S/C18H23FN4O.HI/c1-4-20-18(22-10-14-6-5-13(2)16(19)9-14)23-12-15-7-8-17(24-3)21-11-15;/h5-9,11H,4,10,12H2,1-3H3,(H2,20,22,23);1H. The number of nitrogens with zero attached hydrogens (tertiary/aromatic N) is 2. The van der Waals surface area contributed by atoms with Crippen molar-refractivity contribution in [3.63, 3.8) is 0 Å². The second kappa shape index (κ2) is 10.9. The highest BCUT2D eigenvalue weighted by atomic mass is 127. The molecular formula is C18H24FIN4O. The van der Waals surface area contributed by atoms with Crippen molar-refractivity contribution >= 4 is 29.9 Å². The molecule has 0 aliphatic heterocycles. The Balaban J connectivity index is 0.00000312. The molecule has 25 heavy (non-hydrogen) atoms. The number of hydrogen-bond donors (Lipinski definition) is 2. The van der Waals surface area contributed by atoms with Crippen molar-refractivity contribution < 1.29 is 9.13 Å². The Morgan fingerprint density at radius 3 is 2.56 bits per heavy atom. The number of aryl methyl sites for hydroxylation is 1. The minimum Gasteiger partial charge on any atom is -0.481 e. The molecule has 0 saturated heterocycles. The summed E-state index contributed by atoms with van der Waals surface area (Å²) in [5, 5.41) is 6.38. The second-order valence-corrected chi connectivity index (χ2v) is 5.34. The molecule has 0 bridgehead atoms. The first kappa shape index (κ1) is 21.1. The predicted octanol–water partition coefficient (Wildman–Crippen LogP) is 3.41. The molecule has 2 aromatic rings. The zero-order valence-electron chi connectivity index (χ0n) is 14.7. The zero-order valence-corrected chi connectivity index (χ0v) is 17.0. The van der Waals surface area contributed by atoms with Crippen molar-refractivity contribution in [2.75, 3.05) is 13.7 Å². The Kier molecular flexibility index (Phi) is 9.18. The van der Waals surface area contributed by atoms with Crippen LogP contribution >= 0.6 is 24.0 Å². The molecule has 0 spiro atoms. The third-order valence-electron chi connectivity index (χ3n) is 3.47. The summed E-state index contributed by atoms with van der Waals surface area (Å²) in [5.74, 6) is 1.06. The maximum absolute atomic E-state index is 13.6. The number of guanidine groups is 1. The van der Waals surface area contributed by atoms with E-state index >= 15 is 0 Å². The highest BCUT2D eigenvalue weighted by Crippen LogP contribution is 2.09. The van der Waals surface area contributed by atoms with E-state index in [2.05, 4.69) is 20.6 Å². The first-order valence-electron chi connectivity index (χ1n) is 7.88. The minimum atomic E-state index is -0.194. The van der Waals surface area contributed by atoms with Gasteiger partial charge in [-0.15, -0.1) is 24.0 Å². The van der Waals surface area contributed by atoms with Crippen LogP contribution in [0.15, 0.2) is 41.5 Å². The molecule has 2 rings (SSSR count). The third-order valence-corrected chi connectivity index (χ3v) is 3.47. The summed E-state index contributed by atoms with van der Waals surface area (Å²) >= 11 is 0. The number of halogens is 2. The van der Waals surface area contributed by atoms with E-state index in [0.717, 1.165) is 17.7 Å². The molecule has 0 amide bonds. The second-order valence-electron chi connectivity index (χ2n) is 5.34. The van der Waals surface area contributed by atoms with Crippen molar-refractivity contribution in [2.45, 2.75) is 26.9 Å². The van der Waals surface area contributed by atoms with Crippen LogP contribution in [0.3, 0.4) is 0 Å². The Morgan fingerprint density at radius 2 is 1.96 bits per heavy atom. The molecule has 1 aromatic carbocycles. The average molecular weight is 458 g/mol.